The molecule has 0 aromatic carbocycles. The van der Waals surface area contributed by atoms with Gasteiger partial charge < -0.3 is 15.2 Å². The third kappa shape index (κ3) is 3.69. The predicted octanol–water partition coefficient (Wildman–Crippen LogP) is 1.85. The number of hydrogen-bond donors (Lipinski definition) is 3. The molecule has 1 spiro atoms. The Bertz CT molecular complexity index is 714. The molecule has 3 N–H and O–H groups in total. The number of nitrogens with one attached hydrogen (secondary N) is 3. The van der Waals surface area contributed by atoms with E-state index >= 15 is 0 Å². The van der Waals surface area contributed by atoms with Crippen LogP contribution in [0.5, 0.6) is 0 Å². The fourth-order valence-corrected chi connectivity index (χ4v) is 5.19. The molecule has 154 valence electrons. The topological polar surface area (TPSA) is 90.1 Å². The van der Waals surface area contributed by atoms with Gasteiger partial charge in [-0.1, -0.05) is 19.3 Å². The van der Waals surface area contributed by atoms with Crippen LogP contribution in [0.4, 0.5) is 0 Å². The van der Waals surface area contributed by atoms with E-state index in [1.165, 1.54) is 19.3 Å². The first-order valence-corrected chi connectivity index (χ1v) is 10.9. The predicted molar refractivity (Wildman–Crippen MR) is 107 cm³/mol. The molecule has 0 bridgehead atoms. The van der Waals surface area contributed by atoms with Crippen LogP contribution in [0.15, 0.2) is 6.33 Å². The van der Waals surface area contributed by atoms with E-state index in [4.69, 9.17) is 0 Å². The van der Waals surface area contributed by atoms with E-state index in [9.17, 15) is 9.59 Å². The van der Waals surface area contributed by atoms with Gasteiger partial charge in [-0.3, -0.25) is 14.9 Å². The van der Waals surface area contributed by atoms with Gasteiger partial charge in [0.1, 0.15) is 0 Å². The summed E-state index contributed by atoms with van der Waals surface area (Å²) in [5, 5.41) is 6.65. The summed E-state index contributed by atoms with van der Waals surface area (Å²) in [7, 11) is 0. The number of aromatic amines is 1. The van der Waals surface area contributed by atoms with E-state index in [1.807, 2.05) is 18.7 Å². The minimum absolute atomic E-state index is 0.0373. The molecule has 28 heavy (non-hydrogen) atoms. The maximum Gasteiger partial charge on any atom is 0.237 e. The first kappa shape index (κ1) is 19.4. The average molecular weight is 388 g/mol. The second-order valence-corrected chi connectivity index (χ2v) is 9.04. The second kappa shape index (κ2) is 7.85. The molecule has 1 atom stereocenters. The van der Waals surface area contributed by atoms with Gasteiger partial charge in [-0.25, -0.2) is 4.98 Å². The summed E-state index contributed by atoms with van der Waals surface area (Å²) in [6.45, 7) is 5.42. The van der Waals surface area contributed by atoms with Crippen molar-refractivity contribution in [3.05, 3.63) is 17.7 Å². The highest BCUT2D eigenvalue weighted by Gasteiger charge is 2.46. The van der Waals surface area contributed by atoms with Crippen molar-refractivity contribution in [3.8, 4) is 0 Å². The van der Waals surface area contributed by atoms with E-state index in [1.54, 1.807) is 6.33 Å². The van der Waals surface area contributed by atoms with Gasteiger partial charge in [0.2, 0.25) is 11.8 Å². The van der Waals surface area contributed by atoms with Crippen LogP contribution in [-0.2, 0) is 21.5 Å². The number of likely N-dealkylation sites (tertiary alicyclic amines) is 1. The summed E-state index contributed by atoms with van der Waals surface area (Å²) in [6, 6.07) is -0.153. The molecule has 1 saturated heterocycles. The van der Waals surface area contributed by atoms with E-state index in [0.29, 0.717) is 12.3 Å². The first-order valence-electron chi connectivity index (χ1n) is 10.9. The number of H-pyrrole nitrogens is 1. The third-order valence-corrected chi connectivity index (χ3v) is 6.66. The Balaban J connectivity index is 1.47. The highest BCUT2D eigenvalue weighted by Crippen LogP contribution is 2.38. The molecule has 7 nitrogen and oxygen atoms in total. The number of rotatable bonds is 3. The van der Waals surface area contributed by atoms with Gasteiger partial charge in [0, 0.05) is 37.2 Å². The number of nitrogens with zero attached hydrogens (tertiary/aromatic N) is 2. The summed E-state index contributed by atoms with van der Waals surface area (Å²) >= 11 is 0. The van der Waals surface area contributed by atoms with Crippen LogP contribution in [0, 0.1) is 5.92 Å². The van der Waals surface area contributed by atoms with E-state index in [-0.39, 0.29) is 29.4 Å². The fraction of sp³-hybridized carbons (Fsp3) is 0.762. The Morgan fingerprint density at radius 1 is 1.21 bits per heavy atom. The molecule has 2 amide bonds. The summed E-state index contributed by atoms with van der Waals surface area (Å²) in [4.78, 5) is 35.5. The van der Waals surface area contributed by atoms with E-state index in [0.717, 1.165) is 50.2 Å². The number of carbonyl (C=O) groups excluding carboxylic acids is 2. The van der Waals surface area contributed by atoms with Gasteiger partial charge >= 0.3 is 0 Å². The summed E-state index contributed by atoms with van der Waals surface area (Å²) < 4.78 is 0. The lowest BCUT2D eigenvalue weighted by molar-refractivity contribution is -0.139. The lowest BCUT2D eigenvalue weighted by Gasteiger charge is -2.46. The fourth-order valence-electron chi connectivity index (χ4n) is 5.19. The summed E-state index contributed by atoms with van der Waals surface area (Å²) in [5.41, 5.74) is 1.76. The zero-order valence-electron chi connectivity index (χ0n) is 17.1. The Morgan fingerprint density at radius 3 is 2.61 bits per heavy atom. The monoisotopic (exact) mass is 387 g/mol. The minimum Gasteiger partial charge on any atom is -0.353 e. The van der Waals surface area contributed by atoms with E-state index < -0.39 is 0 Å². The molecule has 4 rings (SSSR count). The molecule has 3 aliphatic rings. The Hall–Kier alpha value is -1.89. The second-order valence-electron chi connectivity index (χ2n) is 9.04. The number of piperidine rings is 1. The molecule has 1 aliphatic carbocycles. The highest BCUT2D eigenvalue weighted by atomic mass is 16.2. The third-order valence-electron chi connectivity index (χ3n) is 6.66. The highest BCUT2D eigenvalue weighted by molar-refractivity contribution is 5.83. The number of imidazole rings is 1. The van der Waals surface area contributed by atoms with Crippen LogP contribution in [-0.4, -0.2) is 51.9 Å². The van der Waals surface area contributed by atoms with Crippen molar-refractivity contribution in [2.24, 2.45) is 5.92 Å². The summed E-state index contributed by atoms with van der Waals surface area (Å²) in [6.07, 6.45) is 9.66. The van der Waals surface area contributed by atoms with Crippen molar-refractivity contribution >= 4 is 11.8 Å². The van der Waals surface area contributed by atoms with Gasteiger partial charge in [0.25, 0.3) is 0 Å². The maximum atomic E-state index is 12.9. The SMILES string of the molecule is CC(C)NC(=O)[C@@H]1Cc2[nH]cnc2C2(CCN(C(=O)C3CCCCC3)CC2)N1. The molecular weight excluding hydrogens is 354 g/mol. The van der Waals surface area contributed by atoms with Crippen molar-refractivity contribution in [2.45, 2.75) is 82.8 Å². The molecule has 7 heteroatoms. The van der Waals surface area contributed by atoms with Gasteiger partial charge in [-0.2, -0.15) is 0 Å². The number of hydrogen-bond acceptors (Lipinski definition) is 4. The number of carbonyl (C=O) groups is 2. The normalized spacial score (nSPS) is 25.0. The Morgan fingerprint density at radius 2 is 1.93 bits per heavy atom. The summed E-state index contributed by atoms with van der Waals surface area (Å²) in [5.74, 6) is 0.588. The number of amides is 2. The molecular formula is C21H33N5O2. The van der Waals surface area contributed by atoms with Gasteiger partial charge in [-0.15, -0.1) is 0 Å². The van der Waals surface area contributed by atoms with Gasteiger partial charge in [0.05, 0.1) is 23.6 Å². The van der Waals surface area contributed by atoms with Crippen LogP contribution < -0.4 is 10.6 Å². The Kier molecular flexibility index (Phi) is 5.45. The van der Waals surface area contributed by atoms with Crippen molar-refractivity contribution < 1.29 is 9.59 Å². The standard InChI is InChI=1S/C21H33N5O2/c1-14(2)24-19(27)17-12-16-18(23-13-22-16)21(25-17)8-10-26(11-9-21)20(28)15-6-4-3-5-7-15/h13-15,17,25H,3-12H2,1-2H3,(H,22,23)(H,24,27)/t17-/m0/s1. The van der Waals surface area contributed by atoms with Crippen molar-refractivity contribution in [1.82, 2.24) is 25.5 Å². The van der Waals surface area contributed by atoms with Crippen LogP contribution in [0.25, 0.3) is 0 Å². The average Bonchev–Trinajstić information content (AvgIpc) is 3.18. The van der Waals surface area contributed by atoms with Crippen LogP contribution >= 0.6 is 0 Å². The van der Waals surface area contributed by atoms with Crippen molar-refractivity contribution in [2.75, 3.05) is 13.1 Å². The number of aromatic nitrogens is 2. The first-order chi connectivity index (χ1) is 13.5. The molecule has 0 radical (unpaired) electrons. The lowest BCUT2D eigenvalue weighted by atomic mass is 9.78. The van der Waals surface area contributed by atoms with Crippen LogP contribution in [0.2, 0.25) is 0 Å². The zero-order chi connectivity index (χ0) is 19.7. The van der Waals surface area contributed by atoms with Crippen molar-refractivity contribution in [3.63, 3.8) is 0 Å². The quantitative estimate of drug-likeness (QED) is 0.738. The maximum absolute atomic E-state index is 12.9. The Labute approximate surface area is 167 Å². The van der Waals surface area contributed by atoms with Crippen molar-refractivity contribution in [1.29, 1.82) is 0 Å². The van der Waals surface area contributed by atoms with Gasteiger partial charge in [-0.05, 0) is 39.5 Å². The minimum atomic E-state index is -0.323. The zero-order valence-corrected chi connectivity index (χ0v) is 17.1. The van der Waals surface area contributed by atoms with Crippen LogP contribution in [0.1, 0.15) is 70.2 Å². The largest absolute Gasteiger partial charge is 0.353 e. The van der Waals surface area contributed by atoms with Crippen LogP contribution in [0.3, 0.4) is 0 Å². The molecule has 2 fully saturated rings. The molecule has 3 heterocycles. The molecule has 2 aliphatic heterocycles. The lowest BCUT2D eigenvalue weighted by Crippen LogP contribution is -2.62. The molecule has 0 unspecified atom stereocenters. The van der Waals surface area contributed by atoms with Gasteiger partial charge in [0.15, 0.2) is 0 Å². The molecule has 1 saturated carbocycles. The smallest absolute Gasteiger partial charge is 0.237 e. The molecule has 1 aromatic heterocycles. The number of fused-ring (bicyclic) bond motifs is 2. The van der Waals surface area contributed by atoms with E-state index in [2.05, 4.69) is 20.6 Å². The molecule has 1 aromatic rings.